The predicted octanol–water partition coefficient (Wildman–Crippen LogP) is 7.58. The summed E-state index contributed by atoms with van der Waals surface area (Å²) in [5.74, 6) is 0.370. The zero-order chi connectivity index (χ0) is 35.3. The topological polar surface area (TPSA) is 152 Å². The molecule has 50 heavy (non-hydrogen) atoms. The summed E-state index contributed by atoms with van der Waals surface area (Å²) in [6.07, 6.45) is 2.38. The van der Waals surface area contributed by atoms with Crippen molar-refractivity contribution in [3.63, 3.8) is 0 Å². The number of amides is 3. The van der Waals surface area contributed by atoms with Gasteiger partial charge in [0.05, 0.1) is 30.2 Å². The molecule has 4 aromatic rings. The van der Waals surface area contributed by atoms with E-state index in [1.54, 1.807) is 23.9 Å². The third-order valence-electron chi connectivity index (χ3n) is 8.21. The first-order valence-electron chi connectivity index (χ1n) is 16.8. The van der Waals surface area contributed by atoms with Crippen LogP contribution in [0.2, 0.25) is 0 Å². The Morgan fingerprint density at radius 2 is 1.50 bits per heavy atom. The first-order chi connectivity index (χ1) is 24.2. The number of nitrogens with two attached hydrogens (primary N) is 1. The lowest BCUT2D eigenvalue weighted by Crippen LogP contribution is -2.31. The van der Waals surface area contributed by atoms with Crippen molar-refractivity contribution < 1.29 is 29.0 Å². The second-order valence-electron chi connectivity index (χ2n) is 12.2. The molecule has 3 amide bonds. The Labute approximate surface area is 297 Å². The quantitative estimate of drug-likeness (QED) is 0.0485. The van der Waals surface area contributed by atoms with Gasteiger partial charge in [-0.05, 0) is 72.5 Å². The summed E-state index contributed by atoms with van der Waals surface area (Å²) < 4.78 is 13.0. The lowest BCUT2D eigenvalue weighted by atomic mass is 10.0. The molecule has 262 valence electrons. The van der Waals surface area contributed by atoms with E-state index in [1.165, 1.54) is 6.92 Å². The van der Waals surface area contributed by atoms with Crippen molar-refractivity contribution in [2.45, 2.75) is 75.4 Å². The predicted molar refractivity (Wildman–Crippen MR) is 198 cm³/mol. The number of nitrogen functional groups attached to an aromatic ring is 1. The molecule has 0 aromatic heterocycles. The molecule has 1 heterocycles. The summed E-state index contributed by atoms with van der Waals surface area (Å²) in [5, 5.41) is 18.1. The SMILES string of the molecule is CC(=O)Nc1ccc(SC[C@@H]2C[C@H](c3ccc(CO)cc3)O[C@H](c3cccc(NC(=O)CCCCCC(=O)Nc4ccccc4N)c3)O2)cc1. The van der Waals surface area contributed by atoms with Crippen LogP contribution in [0.3, 0.4) is 0 Å². The Morgan fingerprint density at radius 1 is 0.780 bits per heavy atom. The molecule has 0 radical (unpaired) electrons. The molecule has 0 spiro atoms. The van der Waals surface area contributed by atoms with Crippen LogP contribution in [0.25, 0.3) is 0 Å². The highest BCUT2D eigenvalue weighted by Crippen LogP contribution is 2.40. The number of rotatable bonds is 15. The molecule has 1 saturated heterocycles. The zero-order valence-electron chi connectivity index (χ0n) is 28.1. The minimum Gasteiger partial charge on any atom is -0.397 e. The van der Waals surface area contributed by atoms with Crippen LogP contribution in [0, 0.1) is 0 Å². The van der Waals surface area contributed by atoms with Gasteiger partial charge in [0.1, 0.15) is 0 Å². The van der Waals surface area contributed by atoms with Gasteiger partial charge in [0.2, 0.25) is 17.7 Å². The van der Waals surface area contributed by atoms with Gasteiger partial charge in [-0.2, -0.15) is 0 Å². The standard InChI is InChI=1S/C39H44N4O6S/c1-26(45)41-30-18-20-33(21-19-30)50-25-32-23-36(28-16-14-27(24-44)15-17-28)49-39(48-32)29-8-7-9-31(22-29)42-37(46)12-3-2-4-13-38(47)43-35-11-6-5-10-34(35)40/h5-11,14-22,32,36,39,44H,2-4,12-13,23-25,40H2,1H3,(H,41,45)(H,42,46)(H,43,47)/t32-,36+,39+/m0/s1. The molecule has 0 bridgehead atoms. The normalized spacial score (nSPS) is 17.1. The number of para-hydroxylation sites is 2. The lowest BCUT2D eigenvalue weighted by molar-refractivity contribution is -0.245. The molecule has 0 saturated carbocycles. The summed E-state index contributed by atoms with van der Waals surface area (Å²) in [4.78, 5) is 37.5. The highest BCUT2D eigenvalue weighted by Gasteiger charge is 2.32. The summed E-state index contributed by atoms with van der Waals surface area (Å²) in [5.41, 5.74) is 11.0. The molecule has 0 unspecified atom stereocenters. The maximum Gasteiger partial charge on any atom is 0.224 e. The average Bonchev–Trinajstić information content (AvgIpc) is 3.12. The van der Waals surface area contributed by atoms with Gasteiger partial charge >= 0.3 is 0 Å². The molecule has 3 atom stereocenters. The minimum absolute atomic E-state index is 0.0299. The van der Waals surface area contributed by atoms with Crippen LogP contribution in [0.15, 0.2) is 102 Å². The molecular formula is C39H44N4O6S. The molecule has 4 aromatic carbocycles. The van der Waals surface area contributed by atoms with E-state index in [0.717, 1.165) is 33.7 Å². The minimum atomic E-state index is -0.659. The van der Waals surface area contributed by atoms with Crippen LogP contribution in [0.1, 0.15) is 74.5 Å². The zero-order valence-corrected chi connectivity index (χ0v) is 28.9. The van der Waals surface area contributed by atoms with E-state index in [1.807, 2.05) is 84.9 Å². The van der Waals surface area contributed by atoms with E-state index in [-0.39, 0.29) is 36.5 Å². The van der Waals surface area contributed by atoms with Gasteiger partial charge in [0.25, 0.3) is 0 Å². The Kier molecular flexibility index (Phi) is 13.4. The monoisotopic (exact) mass is 696 g/mol. The molecule has 10 nitrogen and oxygen atoms in total. The average molecular weight is 697 g/mol. The number of carbonyl (C=O) groups excluding carboxylic acids is 3. The summed E-state index contributed by atoms with van der Waals surface area (Å²) in [6, 6.07) is 30.1. The van der Waals surface area contributed by atoms with Crippen molar-refractivity contribution >= 4 is 52.2 Å². The van der Waals surface area contributed by atoms with Crippen molar-refractivity contribution in [2.24, 2.45) is 0 Å². The van der Waals surface area contributed by atoms with Crippen LogP contribution in [-0.4, -0.2) is 34.7 Å². The second-order valence-corrected chi connectivity index (χ2v) is 13.3. The van der Waals surface area contributed by atoms with Gasteiger partial charge in [0, 0.05) is 53.8 Å². The fourth-order valence-corrected chi connectivity index (χ4v) is 6.53. The first kappa shape index (κ1) is 36.6. The van der Waals surface area contributed by atoms with Crippen molar-refractivity contribution in [1.82, 2.24) is 0 Å². The smallest absolute Gasteiger partial charge is 0.224 e. The van der Waals surface area contributed by atoms with Crippen molar-refractivity contribution in [3.05, 3.63) is 114 Å². The third-order valence-corrected chi connectivity index (χ3v) is 9.35. The van der Waals surface area contributed by atoms with E-state index in [4.69, 9.17) is 15.2 Å². The highest BCUT2D eigenvalue weighted by molar-refractivity contribution is 7.99. The summed E-state index contributed by atoms with van der Waals surface area (Å²) in [7, 11) is 0. The second kappa shape index (κ2) is 18.4. The summed E-state index contributed by atoms with van der Waals surface area (Å²) in [6.45, 7) is 1.45. The molecule has 6 N–H and O–H groups in total. The molecule has 1 aliphatic rings. The number of ether oxygens (including phenoxy) is 2. The number of thioether (sulfide) groups is 1. The molecule has 5 rings (SSSR count). The largest absolute Gasteiger partial charge is 0.397 e. The number of aliphatic hydroxyl groups excluding tert-OH is 1. The molecular weight excluding hydrogens is 653 g/mol. The number of carbonyl (C=O) groups is 3. The maximum absolute atomic E-state index is 12.8. The molecule has 11 heteroatoms. The molecule has 0 aliphatic carbocycles. The van der Waals surface area contributed by atoms with Gasteiger partial charge in [0.15, 0.2) is 6.29 Å². The van der Waals surface area contributed by atoms with Crippen molar-refractivity contribution in [3.8, 4) is 0 Å². The van der Waals surface area contributed by atoms with Crippen molar-refractivity contribution in [2.75, 3.05) is 27.4 Å². The van der Waals surface area contributed by atoms with Crippen LogP contribution in [0.4, 0.5) is 22.7 Å². The lowest BCUT2D eigenvalue weighted by Gasteiger charge is -2.36. The number of aliphatic hydroxyl groups is 1. The van der Waals surface area contributed by atoms with Gasteiger partial charge in [-0.1, -0.05) is 55.0 Å². The van der Waals surface area contributed by atoms with Crippen molar-refractivity contribution in [1.29, 1.82) is 0 Å². The van der Waals surface area contributed by atoms with Gasteiger partial charge < -0.3 is 36.3 Å². The van der Waals surface area contributed by atoms with E-state index < -0.39 is 6.29 Å². The Bertz CT molecular complexity index is 1730. The number of benzene rings is 4. The number of hydrogen-bond acceptors (Lipinski definition) is 8. The number of nitrogens with one attached hydrogen (secondary N) is 3. The van der Waals surface area contributed by atoms with Gasteiger partial charge in [-0.3, -0.25) is 14.4 Å². The summed E-state index contributed by atoms with van der Waals surface area (Å²) >= 11 is 1.67. The molecule has 1 fully saturated rings. The number of unbranched alkanes of at least 4 members (excludes halogenated alkanes) is 2. The van der Waals surface area contributed by atoms with Gasteiger partial charge in [-0.25, -0.2) is 0 Å². The number of hydrogen-bond donors (Lipinski definition) is 5. The maximum atomic E-state index is 12.8. The van der Waals surface area contributed by atoms with Crippen LogP contribution in [-0.2, 0) is 30.5 Å². The fraction of sp³-hybridized carbons (Fsp3) is 0.308. The number of anilines is 4. The van der Waals surface area contributed by atoms with Crippen LogP contribution < -0.4 is 21.7 Å². The van der Waals surface area contributed by atoms with Crippen LogP contribution >= 0.6 is 11.8 Å². The van der Waals surface area contributed by atoms with E-state index >= 15 is 0 Å². The Balaban J connectivity index is 1.15. The highest BCUT2D eigenvalue weighted by atomic mass is 32.2. The van der Waals surface area contributed by atoms with Gasteiger partial charge in [-0.15, -0.1) is 11.8 Å². The van der Waals surface area contributed by atoms with E-state index in [9.17, 15) is 19.5 Å². The fourth-order valence-electron chi connectivity index (χ4n) is 5.61. The van der Waals surface area contributed by atoms with E-state index in [0.29, 0.717) is 54.9 Å². The Hall–Kier alpha value is -4.68. The first-order valence-corrected chi connectivity index (χ1v) is 17.8. The Morgan fingerprint density at radius 3 is 2.20 bits per heavy atom. The van der Waals surface area contributed by atoms with E-state index in [2.05, 4.69) is 16.0 Å². The van der Waals surface area contributed by atoms with Crippen LogP contribution in [0.5, 0.6) is 0 Å². The molecule has 1 aliphatic heterocycles. The third kappa shape index (κ3) is 11.2.